The number of hydrogen-bond acceptors (Lipinski definition) is 6. The molecule has 2 atom stereocenters. The highest BCUT2D eigenvalue weighted by Gasteiger charge is 2.36. The summed E-state index contributed by atoms with van der Waals surface area (Å²) in [6.07, 6.45) is 4.63. The van der Waals surface area contributed by atoms with Gasteiger partial charge in [0, 0.05) is 11.6 Å². The first kappa shape index (κ1) is 17.8. The molecule has 2 fully saturated rings. The fraction of sp³-hybridized carbons (Fsp3) is 0.529. The van der Waals surface area contributed by atoms with E-state index in [0.29, 0.717) is 29.1 Å². The Bertz CT molecular complexity index is 767. The van der Waals surface area contributed by atoms with E-state index in [9.17, 15) is 4.79 Å². The van der Waals surface area contributed by atoms with E-state index in [-0.39, 0.29) is 18.1 Å². The van der Waals surface area contributed by atoms with Crippen LogP contribution in [0, 0.1) is 0 Å². The van der Waals surface area contributed by atoms with Crippen LogP contribution in [0.1, 0.15) is 25.7 Å². The molecule has 4 rings (SSSR count). The van der Waals surface area contributed by atoms with Crippen molar-refractivity contribution in [3.8, 4) is 5.69 Å². The van der Waals surface area contributed by atoms with Gasteiger partial charge < -0.3 is 9.64 Å². The van der Waals surface area contributed by atoms with Crippen LogP contribution < -0.4 is 0 Å². The van der Waals surface area contributed by atoms with Crippen LogP contribution in [0.15, 0.2) is 29.4 Å². The maximum atomic E-state index is 12.8. The highest BCUT2D eigenvalue weighted by atomic mass is 35.5. The third-order valence-electron chi connectivity index (χ3n) is 4.89. The Morgan fingerprint density at radius 2 is 2.08 bits per heavy atom. The number of benzene rings is 1. The predicted molar refractivity (Wildman–Crippen MR) is 98.6 cm³/mol. The fourth-order valence-corrected chi connectivity index (χ4v) is 4.53. The lowest BCUT2D eigenvalue weighted by Crippen LogP contribution is -2.55. The van der Waals surface area contributed by atoms with Crippen LogP contribution in [0.3, 0.4) is 0 Å². The highest BCUT2D eigenvalue weighted by molar-refractivity contribution is 7.99. The van der Waals surface area contributed by atoms with Gasteiger partial charge in [0.2, 0.25) is 11.1 Å². The summed E-state index contributed by atoms with van der Waals surface area (Å²) in [7, 11) is 0. The number of carbonyl (C=O) groups is 1. The molecule has 0 radical (unpaired) electrons. The molecule has 2 aliphatic rings. The molecule has 1 aliphatic carbocycles. The quantitative estimate of drug-likeness (QED) is 0.743. The van der Waals surface area contributed by atoms with Crippen LogP contribution in [-0.2, 0) is 9.53 Å². The van der Waals surface area contributed by atoms with E-state index in [4.69, 9.17) is 16.3 Å². The van der Waals surface area contributed by atoms with Crippen molar-refractivity contribution >= 4 is 29.3 Å². The van der Waals surface area contributed by atoms with Crippen molar-refractivity contribution in [2.45, 2.75) is 43.0 Å². The molecule has 1 saturated heterocycles. The summed E-state index contributed by atoms with van der Waals surface area (Å²) in [5.41, 5.74) is 0.813. The second-order valence-electron chi connectivity index (χ2n) is 6.49. The average Bonchev–Trinajstić information content (AvgIpc) is 3.15. The zero-order chi connectivity index (χ0) is 17.9. The van der Waals surface area contributed by atoms with E-state index < -0.39 is 0 Å². The lowest BCUT2D eigenvalue weighted by molar-refractivity contribution is -0.146. The summed E-state index contributed by atoms with van der Waals surface area (Å²) in [4.78, 5) is 14.8. The summed E-state index contributed by atoms with van der Waals surface area (Å²) in [5.74, 6) is 0.442. The molecule has 0 spiro atoms. The number of carbonyl (C=O) groups excluding carboxylic acids is 1. The standard InChI is InChI=1S/C17H20ClN5O2S/c18-12-5-7-13(8-6-12)23-17(19-20-21-23)26-11-16(24)22-9-10-25-15-4-2-1-3-14(15)22/h5-8,14-15H,1-4,9-11H2. The number of rotatable bonds is 4. The highest BCUT2D eigenvalue weighted by Crippen LogP contribution is 2.29. The van der Waals surface area contributed by atoms with Crippen molar-refractivity contribution in [2.75, 3.05) is 18.9 Å². The molecule has 26 heavy (non-hydrogen) atoms. The third-order valence-corrected chi connectivity index (χ3v) is 6.05. The van der Waals surface area contributed by atoms with Crippen LogP contribution in [0.25, 0.3) is 5.69 Å². The number of nitrogens with zero attached hydrogens (tertiary/aromatic N) is 5. The molecule has 1 aromatic heterocycles. The van der Waals surface area contributed by atoms with Crippen LogP contribution >= 0.6 is 23.4 Å². The SMILES string of the molecule is O=C(CSc1nnnn1-c1ccc(Cl)cc1)N1CCOC2CCCCC21. The first-order valence-electron chi connectivity index (χ1n) is 8.80. The van der Waals surface area contributed by atoms with Gasteiger partial charge in [0.25, 0.3) is 0 Å². The lowest BCUT2D eigenvalue weighted by atomic mass is 9.90. The molecular formula is C17H20ClN5O2S. The molecule has 2 unspecified atom stereocenters. The monoisotopic (exact) mass is 393 g/mol. The van der Waals surface area contributed by atoms with Gasteiger partial charge in [-0.15, -0.1) is 5.10 Å². The molecule has 9 heteroatoms. The molecule has 0 bridgehead atoms. The normalized spacial score (nSPS) is 22.9. The number of fused-ring (bicyclic) bond motifs is 1. The molecule has 1 aromatic carbocycles. The zero-order valence-corrected chi connectivity index (χ0v) is 15.8. The maximum absolute atomic E-state index is 12.8. The molecule has 2 heterocycles. The van der Waals surface area contributed by atoms with E-state index in [0.717, 1.165) is 24.9 Å². The zero-order valence-electron chi connectivity index (χ0n) is 14.3. The summed E-state index contributed by atoms with van der Waals surface area (Å²) < 4.78 is 7.47. The summed E-state index contributed by atoms with van der Waals surface area (Å²) in [5, 5.41) is 13.1. The second-order valence-corrected chi connectivity index (χ2v) is 7.87. The van der Waals surface area contributed by atoms with Gasteiger partial charge >= 0.3 is 0 Å². The Morgan fingerprint density at radius 3 is 2.92 bits per heavy atom. The van der Waals surface area contributed by atoms with Gasteiger partial charge in [0.1, 0.15) is 0 Å². The van der Waals surface area contributed by atoms with Crippen molar-refractivity contribution in [3.63, 3.8) is 0 Å². The van der Waals surface area contributed by atoms with Crippen LogP contribution in [0.2, 0.25) is 5.02 Å². The van der Waals surface area contributed by atoms with Gasteiger partial charge in [-0.3, -0.25) is 4.79 Å². The number of ether oxygens (including phenoxy) is 1. The maximum Gasteiger partial charge on any atom is 0.233 e. The topological polar surface area (TPSA) is 73.1 Å². The number of morpholine rings is 1. The number of tetrazole rings is 1. The average molecular weight is 394 g/mol. The fourth-order valence-electron chi connectivity index (χ4n) is 3.63. The first-order valence-corrected chi connectivity index (χ1v) is 10.2. The molecule has 0 N–H and O–H groups in total. The van der Waals surface area contributed by atoms with Crippen LogP contribution in [-0.4, -0.2) is 62.1 Å². The Balaban J connectivity index is 1.42. The Kier molecular flexibility index (Phi) is 5.42. The third kappa shape index (κ3) is 3.72. The van der Waals surface area contributed by atoms with Crippen molar-refractivity contribution in [1.82, 2.24) is 25.1 Å². The summed E-state index contributed by atoms with van der Waals surface area (Å²) >= 11 is 7.29. The lowest BCUT2D eigenvalue weighted by Gasteiger charge is -2.43. The Hall–Kier alpha value is -1.64. The Labute approximate surface area is 161 Å². The number of thioether (sulfide) groups is 1. The summed E-state index contributed by atoms with van der Waals surface area (Å²) in [6, 6.07) is 7.49. The number of aromatic nitrogens is 4. The molecule has 138 valence electrons. The van der Waals surface area contributed by atoms with E-state index >= 15 is 0 Å². The van der Waals surface area contributed by atoms with Crippen molar-refractivity contribution in [3.05, 3.63) is 29.3 Å². The predicted octanol–water partition coefficient (Wildman–Crippen LogP) is 2.58. The van der Waals surface area contributed by atoms with Gasteiger partial charge in [-0.25, -0.2) is 0 Å². The minimum atomic E-state index is 0.126. The second kappa shape index (κ2) is 7.94. The smallest absolute Gasteiger partial charge is 0.233 e. The largest absolute Gasteiger partial charge is 0.374 e. The van der Waals surface area contributed by atoms with E-state index in [2.05, 4.69) is 15.5 Å². The van der Waals surface area contributed by atoms with Gasteiger partial charge in [0.15, 0.2) is 0 Å². The minimum absolute atomic E-state index is 0.126. The van der Waals surface area contributed by atoms with E-state index in [1.807, 2.05) is 17.0 Å². The Morgan fingerprint density at radius 1 is 1.27 bits per heavy atom. The van der Waals surface area contributed by atoms with Crippen LogP contribution in [0.4, 0.5) is 0 Å². The number of halogens is 1. The first-order chi connectivity index (χ1) is 12.7. The molecule has 1 aliphatic heterocycles. The van der Waals surface area contributed by atoms with Gasteiger partial charge in [-0.05, 0) is 47.5 Å². The molecular weight excluding hydrogens is 374 g/mol. The van der Waals surface area contributed by atoms with Gasteiger partial charge in [0.05, 0.1) is 30.2 Å². The molecule has 7 nitrogen and oxygen atoms in total. The van der Waals surface area contributed by atoms with Crippen LogP contribution in [0.5, 0.6) is 0 Å². The van der Waals surface area contributed by atoms with Crippen molar-refractivity contribution in [2.24, 2.45) is 0 Å². The van der Waals surface area contributed by atoms with Crippen molar-refractivity contribution in [1.29, 1.82) is 0 Å². The molecule has 2 aromatic rings. The number of amides is 1. The van der Waals surface area contributed by atoms with Gasteiger partial charge in [-0.1, -0.05) is 36.2 Å². The summed E-state index contributed by atoms with van der Waals surface area (Å²) in [6.45, 7) is 1.29. The number of hydrogen-bond donors (Lipinski definition) is 0. The van der Waals surface area contributed by atoms with Gasteiger partial charge in [-0.2, -0.15) is 4.68 Å². The van der Waals surface area contributed by atoms with Crippen molar-refractivity contribution < 1.29 is 9.53 Å². The van der Waals surface area contributed by atoms with E-state index in [1.54, 1.807) is 16.8 Å². The molecule has 1 saturated carbocycles. The van der Waals surface area contributed by atoms with E-state index in [1.165, 1.54) is 18.2 Å². The minimum Gasteiger partial charge on any atom is -0.374 e. The molecule has 1 amide bonds.